The largest absolute Gasteiger partial charge is 0.565 e. The second-order valence-electron chi connectivity index (χ2n) is 1.33. The van der Waals surface area contributed by atoms with Gasteiger partial charge in [0.2, 0.25) is 0 Å². The van der Waals surface area contributed by atoms with Crippen molar-refractivity contribution < 1.29 is 9.63 Å². The summed E-state index contributed by atoms with van der Waals surface area (Å²) in [4.78, 5) is 0. The highest BCUT2D eigenvalue weighted by atomic mass is 16.5. The highest BCUT2D eigenvalue weighted by Crippen LogP contribution is 2.06. The molecule has 0 aliphatic heterocycles. The van der Waals surface area contributed by atoms with Crippen LogP contribution in [0, 0.1) is 6.92 Å². The van der Waals surface area contributed by atoms with E-state index in [1.54, 1.807) is 13.0 Å². The molecule has 0 aliphatic carbocycles. The van der Waals surface area contributed by atoms with Crippen molar-refractivity contribution >= 4 is 0 Å². The van der Waals surface area contributed by atoms with Crippen molar-refractivity contribution in [3.8, 4) is 5.95 Å². The fourth-order valence-electron chi connectivity index (χ4n) is 0.364. The minimum Gasteiger partial charge on any atom is -0.565 e. The van der Waals surface area contributed by atoms with E-state index < -0.39 is 0 Å². The Hall–Kier alpha value is -0.990. The van der Waals surface area contributed by atoms with Crippen LogP contribution in [0.4, 0.5) is 0 Å². The molecule has 1 aromatic heterocycles. The van der Waals surface area contributed by atoms with Crippen LogP contribution in [0.25, 0.3) is 0 Å². The second-order valence-corrected chi connectivity index (χ2v) is 1.33. The molecule has 0 amide bonds. The van der Waals surface area contributed by atoms with Crippen LogP contribution in [0.15, 0.2) is 10.6 Å². The molecule has 0 atom stereocenters. The lowest BCUT2D eigenvalue weighted by Gasteiger charge is -1.58. The van der Waals surface area contributed by atoms with Gasteiger partial charge < -0.3 is 5.11 Å². The lowest BCUT2D eigenvalue weighted by atomic mass is 10.5. The summed E-state index contributed by atoms with van der Waals surface area (Å²) in [5, 5.41) is 10.2. The molecule has 0 saturated carbocycles. The lowest BCUT2D eigenvalue weighted by Crippen LogP contribution is -1.59. The molecular weight excluding hydrogens is 94.0 g/mol. The van der Waals surface area contributed by atoms with E-state index in [1.807, 2.05) is 0 Å². The summed E-state index contributed by atoms with van der Waals surface area (Å²) >= 11 is 0. The van der Waals surface area contributed by atoms with Crippen molar-refractivity contribution in [2.24, 2.45) is 0 Å². The first kappa shape index (κ1) is 4.18. The Kier molecular flexibility index (Phi) is 0.749. The Balaban J connectivity index is 3.04. The van der Waals surface area contributed by atoms with Gasteiger partial charge >= 0.3 is 5.95 Å². The van der Waals surface area contributed by atoms with E-state index >= 15 is 0 Å². The number of aromatic nitrogens is 1. The van der Waals surface area contributed by atoms with Crippen molar-refractivity contribution in [3.05, 3.63) is 11.8 Å². The van der Waals surface area contributed by atoms with Gasteiger partial charge in [0.25, 0.3) is 0 Å². The molecule has 1 aromatic rings. The Morgan fingerprint density at radius 2 is 2.57 bits per heavy atom. The third kappa shape index (κ3) is 0.707. The van der Waals surface area contributed by atoms with Crippen molar-refractivity contribution in [3.63, 3.8) is 0 Å². The number of hydrogen-bond donors (Lipinski definition) is 0. The highest BCUT2D eigenvalue weighted by Gasteiger charge is 2.01. The summed E-state index contributed by atoms with van der Waals surface area (Å²) in [6, 6.07) is 1.56. The van der Waals surface area contributed by atoms with Gasteiger partial charge in [0, 0.05) is 5.16 Å². The van der Waals surface area contributed by atoms with Gasteiger partial charge in [0.15, 0.2) is 0 Å². The molecule has 2 N–H and O–H groups in total. The molecular formula is C4H6NO2+. The molecule has 1 rings (SSSR count). The predicted molar refractivity (Wildman–Crippen MR) is 24.3 cm³/mol. The second kappa shape index (κ2) is 1.26. The Bertz CT molecular complexity index is 142. The molecule has 0 fully saturated rings. The van der Waals surface area contributed by atoms with Crippen LogP contribution in [0.2, 0.25) is 0 Å². The number of hydrogen-bond acceptors (Lipinski definition) is 2. The average molecular weight is 100 g/mol. The minimum absolute atomic E-state index is 0.123. The summed E-state index contributed by atoms with van der Waals surface area (Å²) in [5.41, 5.74) is 0.755. The molecule has 0 radical (unpaired) electrons. The standard InChI is InChI=1S/C4H5NO2/c1-3-2-4(6)7-5-3/h2,6H,1H3/p+1. The van der Waals surface area contributed by atoms with Gasteiger partial charge in [0.1, 0.15) is 11.8 Å². The molecule has 3 heteroatoms. The molecule has 0 bridgehead atoms. The zero-order chi connectivity index (χ0) is 5.28. The topological polar surface area (TPSA) is 48.9 Å². The van der Waals surface area contributed by atoms with Gasteiger partial charge in [-0.05, 0) is 6.92 Å². The van der Waals surface area contributed by atoms with Gasteiger partial charge in [0.05, 0.1) is 0 Å². The summed E-state index contributed by atoms with van der Waals surface area (Å²) in [7, 11) is 0. The Morgan fingerprint density at radius 3 is 2.71 bits per heavy atom. The van der Waals surface area contributed by atoms with Gasteiger partial charge in [-0.2, -0.15) is 0 Å². The lowest BCUT2D eigenvalue weighted by molar-refractivity contribution is 0.276. The van der Waals surface area contributed by atoms with Crippen molar-refractivity contribution in [1.82, 2.24) is 5.16 Å². The highest BCUT2D eigenvalue weighted by molar-refractivity contribution is 5.05. The van der Waals surface area contributed by atoms with Crippen LogP contribution >= 0.6 is 0 Å². The molecule has 0 spiro atoms. The van der Waals surface area contributed by atoms with E-state index in [1.165, 1.54) is 0 Å². The van der Waals surface area contributed by atoms with E-state index in [0.29, 0.717) is 0 Å². The normalized spacial score (nSPS) is 9.29. The first-order chi connectivity index (χ1) is 3.29. The maximum atomic E-state index is 6.79. The molecule has 1 heterocycles. The number of rotatable bonds is 0. The maximum absolute atomic E-state index is 6.79. The Labute approximate surface area is 40.6 Å². The third-order valence-corrected chi connectivity index (χ3v) is 0.628. The van der Waals surface area contributed by atoms with Crippen LogP contribution in [-0.2, 0) is 0 Å². The molecule has 0 aromatic carbocycles. The van der Waals surface area contributed by atoms with E-state index in [9.17, 15) is 0 Å². The molecule has 7 heavy (non-hydrogen) atoms. The van der Waals surface area contributed by atoms with Crippen LogP contribution in [0.1, 0.15) is 5.69 Å². The van der Waals surface area contributed by atoms with Crippen molar-refractivity contribution in [2.75, 3.05) is 0 Å². The van der Waals surface area contributed by atoms with E-state index in [0.717, 1.165) is 5.69 Å². The summed E-state index contributed by atoms with van der Waals surface area (Å²) in [6.07, 6.45) is 0. The van der Waals surface area contributed by atoms with Crippen LogP contribution in [0.5, 0.6) is 5.95 Å². The van der Waals surface area contributed by atoms with E-state index in [4.69, 9.17) is 5.11 Å². The maximum Gasteiger partial charge on any atom is 0.490 e. The van der Waals surface area contributed by atoms with Crippen LogP contribution in [-0.4, -0.2) is 10.3 Å². The fraction of sp³-hybridized carbons (Fsp3) is 0.250. The zero-order valence-electron chi connectivity index (χ0n) is 3.93. The van der Waals surface area contributed by atoms with Gasteiger partial charge in [-0.15, -0.1) is 4.52 Å². The van der Waals surface area contributed by atoms with Crippen molar-refractivity contribution in [1.29, 1.82) is 0 Å². The smallest absolute Gasteiger partial charge is 0.490 e. The van der Waals surface area contributed by atoms with Gasteiger partial charge in [-0.25, -0.2) is 0 Å². The van der Waals surface area contributed by atoms with Gasteiger partial charge in [-0.3, -0.25) is 0 Å². The number of nitrogens with zero attached hydrogens (tertiary/aromatic N) is 1. The third-order valence-electron chi connectivity index (χ3n) is 0.628. The predicted octanol–water partition coefficient (Wildman–Crippen LogP) is 0.421. The number of aryl methyl sites for hydroxylation is 1. The zero-order valence-corrected chi connectivity index (χ0v) is 3.93. The van der Waals surface area contributed by atoms with E-state index in [2.05, 4.69) is 9.68 Å². The summed E-state index contributed by atoms with van der Waals surface area (Å²) in [6.45, 7) is 1.78. The monoisotopic (exact) mass is 100 g/mol. The molecule has 0 unspecified atom stereocenters. The SMILES string of the molecule is Cc1cc([OH2+])on1. The molecule has 38 valence electrons. The molecule has 0 saturated heterocycles. The first-order valence-electron chi connectivity index (χ1n) is 1.94. The fourth-order valence-corrected chi connectivity index (χ4v) is 0.364. The van der Waals surface area contributed by atoms with Crippen LogP contribution < -0.4 is 0 Å². The average Bonchev–Trinajstić information content (AvgIpc) is 1.87. The quantitative estimate of drug-likeness (QED) is 0.443. The minimum atomic E-state index is 0.123. The van der Waals surface area contributed by atoms with Crippen LogP contribution in [0.3, 0.4) is 0 Å². The van der Waals surface area contributed by atoms with E-state index in [-0.39, 0.29) is 5.95 Å². The first-order valence-corrected chi connectivity index (χ1v) is 1.94. The summed E-state index contributed by atoms with van der Waals surface area (Å²) < 4.78 is 4.38. The molecule has 3 nitrogen and oxygen atoms in total. The molecule has 0 aliphatic rings. The van der Waals surface area contributed by atoms with Gasteiger partial charge in [-0.1, -0.05) is 0 Å². The summed E-state index contributed by atoms with van der Waals surface area (Å²) in [5.74, 6) is 0.123. The van der Waals surface area contributed by atoms with Crippen molar-refractivity contribution in [2.45, 2.75) is 6.92 Å². The Morgan fingerprint density at radius 1 is 1.86 bits per heavy atom.